The van der Waals surface area contributed by atoms with E-state index in [1.807, 2.05) is 6.92 Å². The molecule has 0 atom stereocenters. The average molecular weight is 152 g/mol. The Labute approximate surface area is 60.3 Å². The standard InChI is InChI=1S/C5H12O.H4SSi/c1-3-5-6-4-2;1-2/h3-5H2,1-2H3;1H,2H3. The van der Waals surface area contributed by atoms with E-state index in [1.54, 1.807) is 0 Å². The summed E-state index contributed by atoms with van der Waals surface area (Å²) in [7, 11) is 1.00. The molecule has 0 aromatic rings. The highest BCUT2D eigenvalue weighted by molar-refractivity contribution is 8.03. The molecule has 0 unspecified atom stereocenters. The minimum Gasteiger partial charge on any atom is -0.382 e. The summed E-state index contributed by atoms with van der Waals surface area (Å²) in [6, 6.07) is 0. The van der Waals surface area contributed by atoms with E-state index in [-0.39, 0.29) is 0 Å². The predicted octanol–water partition coefficient (Wildman–Crippen LogP) is 0.629. The maximum atomic E-state index is 4.98. The van der Waals surface area contributed by atoms with Crippen molar-refractivity contribution in [2.75, 3.05) is 13.2 Å². The van der Waals surface area contributed by atoms with Crippen molar-refractivity contribution in [1.29, 1.82) is 0 Å². The van der Waals surface area contributed by atoms with Gasteiger partial charge in [0.05, 0.1) is 9.39 Å². The summed E-state index contributed by atoms with van der Waals surface area (Å²) in [4.78, 5) is 0. The van der Waals surface area contributed by atoms with E-state index in [1.165, 1.54) is 0 Å². The lowest BCUT2D eigenvalue weighted by Gasteiger charge is -1.91. The van der Waals surface area contributed by atoms with Crippen LogP contribution in [0.2, 0.25) is 0 Å². The zero-order valence-corrected chi connectivity index (χ0v) is 8.87. The SMILES string of the molecule is CCCOCC.[SiH3]S. The highest BCUT2D eigenvalue weighted by Gasteiger charge is 1.72. The van der Waals surface area contributed by atoms with E-state index in [0.29, 0.717) is 0 Å². The van der Waals surface area contributed by atoms with Gasteiger partial charge in [-0.25, -0.2) is 12.1 Å². The van der Waals surface area contributed by atoms with Crippen molar-refractivity contribution in [2.24, 2.45) is 0 Å². The van der Waals surface area contributed by atoms with Crippen molar-refractivity contribution in [1.82, 2.24) is 0 Å². The minimum absolute atomic E-state index is 0.855. The fourth-order valence-corrected chi connectivity index (χ4v) is 0.289. The molecule has 0 aliphatic heterocycles. The Balaban J connectivity index is 0. The molecule has 0 saturated carbocycles. The first kappa shape index (κ1) is 11.3. The second-order valence-electron chi connectivity index (χ2n) is 1.20. The Morgan fingerprint density at radius 3 is 2.00 bits per heavy atom. The monoisotopic (exact) mass is 152 g/mol. The first-order valence-electron chi connectivity index (χ1n) is 2.94. The quantitative estimate of drug-likeness (QED) is 0.354. The van der Waals surface area contributed by atoms with Gasteiger partial charge < -0.3 is 4.74 Å². The summed E-state index contributed by atoms with van der Waals surface area (Å²) in [6.07, 6.45) is 1.13. The molecule has 1 nitrogen and oxygen atoms in total. The van der Waals surface area contributed by atoms with Gasteiger partial charge in [-0.15, -0.1) is 0 Å². The Hall–Kier alpha value is 0.527. The molecular formula is C5H16OSSi. The number of ether oxygens (including phenoxy) is 1. The molecular weight excluding hydrogens is 136 g/mol. The number of rotatable bonds is 3. The van der Waals surface area contributed by atoms with Crippen LogP contribution in [0.25, 0.3) is 0 Å². The van der Waals surface area contributed by atoms with E-state index in [9.17, 15) is 0 Å². The van der Waals surface area contributed by atoms with E-state index >= 15 is 0 Å². The predicted molar refractivity (Wildman–Crippen MR) is 45.7 cm³/mol. The van der Waals surface area contributed by atoms with Crippen LogP contribution in [0.3, 0.4) is 0 Å². The molecule has 0 spiro atoms. The average Bonchev–Trinajstić information content (AvgIpc) is 1.88. The molecule has 52 valence electrons. The van der Waals surface area contributed by atoms with Crippen LogP contribution in [0, 0.1) is 0 Å². The van der Waals surface area contributed by atoms with Gasteiger partial charge in [-0.05, 0) is 13.3 Å². The molecule has 0 amide bonds. The second kappa shape index (κ2) is 15.6. The van der Waals surface area contributed by atoms with Gasteiger partial charge >= 0.3 is 0 Å². The van der Waals surface area contributed by atoms with E-state index < -0.39 is 0 Å². The lowest BCUT2D eigenvalue weighted by atomic mass is 10.5. The lowest BCUT2D eigenvalue weighted by molar-refractivity contribution is 0.148. The molecule has 0 heterocycles. The van der Waals surface area contributed by atoms with Gasteiger partial charge in [-0.2, -0.15) is 0 Å². The largest absolute Gasteiger partial charge is 0.382 e. The minimum atomic E-state index is 0.855. The maximum absolute atomic E-state index is 4.98. The normalized spacial score (nSPS) is 7.88. The summed E-state index contributed by atoms with van der Waals surface area (Å²) in [5.41, 5.74) is 0. The van der Waals surface area contributed by atoms with Crippen LogP contribution in [0.1, 0.15) is 20.3 Å². The molecule has 0 rings (SSSR count). The first-order valence-corrected chi connectivity index (χ1v) is 6.52. The maximum Gasteiger partial charge on any atom is 0.0652 e. The Morgan fingerprint density at radius 2 is 1.88 bits per heavy atom. The number of hydrogen-bond acceptors (Lipinski definition) is 2. The molecule has 8 heavy (non-hydrogen) atoms. The zero-order valence-electron chi connectivity index (χ0n) is 5.98. The lowest BCUT2D eigenvalue weighted by Crippen LogP contribution is -1.88. The van der Waals surface area contributed by atoms with Crippen LogP contribution in [0.15, 0.2) is 0 Å². The third-order valence-corrected chi connectivity index (χ3v) is 0.553. The van der Waals surface area contributed by atoms with Gasteiger partial charge in [0.1, 0.15) is 0 Å². The van der Waals surface area contributed by atoms with Crippen LogP contribution >= 0.6 is 12.1 Å². The number of thiol groups is 1. The molecule has 0 N–H and O–H groups in total. The van der Waals surface area contributed by atoms with Crippen molar-refractivity contribution in [2.45, 2.75) is 20.3 Å². The smallest absolute Gasteiger partial charge is 0.0652 e. The topological polar surface area (TPSA) is 9.23 Å². The van der Waals surface area contributed by atoms with Gasteiger partial charge in [-0.3, -0.25) is 0 Å². The second-order valence-corrected chi connectivity index (χ2v) is 1.20. The summed E-state index contributed by atoms with van der Waals surface area (Å²) >= 11 is 3.67. The Kier molecular flexibility index (Phi) is 22.2. The van der Waals surface area contributed by atoms with Gasteiger partial charge in [0, 0.05) is 13.2 Å². The summed E-state index contributed by atoms with van der Waals surface area (Å²) in [5, 5.41) is 0. The first-order chi connectivity index (χ1) is 3.91. The van der Waals surface area contributed by atoms with Crippen molar-refractivity contribution in [3.05, 3.63) is 0 Å². The molecule has 0 aromatic heterocycles. The van der Waals surface area contributed by atoms with Gasteiger partial charge in [-0.1, -0.05) is 6.92 Å². The van der Waals surface area contributed by atoms with Crippen molar-refractivity contribution in [3.8, 4) is 0 Å². The van der Waals surface area contributed by atoms with Crippen molar-refractivity contribution < 1.29 is 4.74 Å². The Bertz CT molecular complexity index is 24.4. The molecule has 0 aliphatic rings. The summed E-state index contributed by atoms with van der Waals surface area (Å²) in [6.45, 7) is 5.88. The molecule has 0 fully saturated rings. The fraction of sp³-hybridized carbons (Fsp3) is 1.00. The van der Waals surface area contributed by atoms with Crippen LogP contribution in [-0.2, 0) is 4.74 Å². The third kappa shape index (κ3) is 16.0. The highest BCUT2D eigenvalue weighted by atomic mass is 32.3. The van der Waals surface area contributed by atoms with Crippen LogP contribution in [0.5, 0.6) is 0 Å². The fourth-order valence-electron chi connectivity index (χ4n) is 0.289. The van der Waals surface area contributed by atoms with E-state index in [2.05, 4.69) is 19.0 Å². The van der Waals surface area contributed by atoms with E-state index in [4.69, 9.17) is 4.74 Å². The molecule has 0 saturated heterocycles. The van der Waals surface area contributed by atoms with Gasteiger partial charge in [0.15, 0.2) is 0 Å². The van der Waals surface area contributed by atoms with Crippen LogP contribution < -0.4 is 0 Å². The summed E-state index contributed by atoms with van der Waals surface area (Å²) < 4.78 is 4.98. The molecule has 0 bridgehead atoms. The van der Waals surface area contributed by atoms with Crippen molar-refractivity contribution in [3.63, 3.8) is 0 Å². The van der Waals surface area contributed by atoms with Gasteiger partial charge in [0.25, 0.3) is 0 Å². The number of hydrogen-bond donors (Lipinski definition) is 1. The molecule has 0 radical (unpaired) electrons. The Morgan fingerprint density at radius 1 is 1.38 bits per heavy atom. The zero-order chi connectivity index (χ0) is 6.83. The van der Waals surface area contributed by atoms with Crippen LogP contribution in [-0.4, -0.2) is 22.6 Å². The van der Waals surface area contributed by atoms with Crippen LogP contribution in [0.4, 0.5) is 0 Å². The van der Waals surface area contributed by atoms with E-state index in [0.717, 1.165) is 29.0 Å². The molecule has 3 heteroatoms. The molecule has 0 aromatic carbocycles. The van der Waals surface area contributed by atoms with Crippen molar-refractivity contribution >= 4 is 21.5 Å². The third-order valence-electron chi connectivity index (χ3n) is 0.553. The summed E-state index contributed by atoms with van der Waals surface area (Å²) in [5.74, 6) is 0. The highest BCUT2D eigenvalue weighted by Crippen LogP contribution is 1.75. The molecule has 0 aliphatic carbocycles. The van der Waals surface area contributed by atoms with Gasteiger partial charge in [0.2, 0.25) is 0 Å².